The number of aryl methyl sites for hydroxylation is 1. The maximum Gasteiger partial charge on any atom is 0.123 e. The first kappa shape index (κ1) is 15.1. The van der Waals surface area contributed by atoms with Crippen LogP contribution in [-0.2, 0) is 6.54 Å². The van der Waals surface area contributed by atoms with Gasteiger partial charge in [0.25, 0.3) is 0 Å². The van der Waals surface area contributed by atoms with Crippen LogP contribution in [0.15, 0.2) is 12.1 Å². The lowest BCUT2D eigenvalue weighted by molar-refractivity contribution is 0.250. The molecule has 1 aromatic carbocycles. The van der Waals surface area contributed by atoms with Gasteiger partial charge in [0.05, 0.1) is 0 Å². The summed E-state index contributed by atoms with van der Waals surface area (Å²) >= 11 is 2.31. The van der Waals surface area contributed by atoms with E-state index in [1.807, 2.05) is 13.0 Å². The molecule has 0 atom stereocenters. The van der Waals surface area contributed by atoms with Gasteiger partial charge >= 0.3 is 0 Å². The van der Waals surface area contributed by atoms with Crippen LogP contribution in [0.4, 0.5) is 0 Å². The van der Waals surface area contributed by atoms with Gasteiger partial charge < -0.3 is 14.9 Å². The number of aromatic hydroxyl groups is 1. The van der Waals surface area contributed by atoms with E-state index in [1.165, 1.54) is 29.5 Å². The fraction of sp³-hybridized carbons (Fsp3) is 0.600. The van der Waals surface area contributed by atoms with E-state index in [4.69, 9.17) is 0 Å². The third kappa shape index (κ3) is 4.33. The number of likely N-dealkylation sites (N-methyl/N-ethyl adjacent to an activating group) is 1. The van der Waals surface area contributed by atoms with Crippen LogP contribution in [0, 0.1) is 10.5 Å². The molecule has 0 saturated carbocycles. The van der Waals surface area contributed by atoms with Crippen LogP contribution in [0.5, 0.6) is 5.75 Å². The zero-order valence-electron chi connectivity index (χ0n) is 11.8. The van der Waals surface area contributed by atoms with Gasteiger partial charge in [0.15, 0.2) is 0 Å². The first-order valence-corrected chi connectivity index (χ1v) is 8.03. The number of nitrogens with zero attached hydrogens (tertiary/aromatic N) is 2. The fourth-order valence-corrected chi connectivity index (χ4v) is 3.46. The molecular weight excluding hydrogens is 351 g/mol. The Bertz CT molecular complexity index is 430. The van der Waals surface area contributed by atoms with Gasteiger partial charge in [-0.3, -0.25) is 0 Å². The highest BCUT2D eigenvalue weighted by Crippen LogP contribution is 2.25. The Morgan fingerprint density at radius 2 is 2.00 bits per heavy atom. The summed E-state index contributed by atoms with van der Waals surface area (Å²) in [6.07, 6.45) is 2.70. The number of halogens is 1. The van der Waals surface area contributed by atoms with Crippen molar-refractivity contribution in [1.29, 1.82) is 0 Å². The Kier molecular flexibility index (Phi) is 5.47. The maximum absolute atomic E-state index is 10.1. The van der Waals surface area contributed by atoms with Gasteiger partial charge in [-0.05, 0) is 80.2 Å². The molecule has 1 aromatic rings. The van der Waals surface area contributed by atoms with E-state index in [0.717, 1.165) is 30.8 Å². The standard InChI is InChI=1S/C15H23IN2O/c1-12-9-14(16)10-13(15(12)19)11-17(2)7-8-18-5-3-4-6-18/h9-10,19H,3-8,11H2,1-2H3. The molecule has 1 fully saturated rings. The lowest BCUT2D eigenvalue weighted by Gasteiger charge is -2.22. The van der Waals surface area contributed by atoms with Gasteiger partial charge in [-0.25, -0.2) is 0 Å². The molecule has 0 amide bonds. The van der Waals surface area contributed by atoms with Gasteiger partial charge in [0.1, 0.15) is 5.75 Å². The largest absolute Gasteiger partial charge is 0.507 e. The summed E-state index contributed by atoms with van der Waals surface area (Å²) in [7, 11) is 2.13. The first-order chi connectivity index (χ1) is 9.06. The molecule has 106 valence electrons. The molecule has 0 bridgehead atoms. The highest BCUT2D eigenvalue weighted by atomic mass is 127. The van der Waals surface area contributed by atoms with Crippen molar-refractivity contribution in [3.63, 3.8) is 0 Å². The fourth-order valence-electron chi connectivity index (χ4n) is 2.61. The van der Waals surface area contributed by atoms with Crippen molar-refractivity contribution in [2.45, 2.75) is 26.3 Å². The van der Waals surface area contributed by atoms with Crippen molar-refractivity contribution in [3.8, 4) is 5.75 Å². The van der Waals surface area contributed by atoms with Gasteiger partial charge in [0.2, 0.25) is 0 Å². The number of hydrogen-bond acceptors (Lipinski definition) is 3. The van der Waals surface area contributed by atoms with E-state index >= 15 is 0 Å². The Balaban J connectivity index is 1.89. The number of hydrogen-bond donors (Lipinski definition) is 1. The molecule has 0 aliphatic carbocycles. The lowest BCUT2D eigenvalue weighted by Crippen LogP contribution is -2.31. The van der Waals surface area contributed by atoms with Crippen LogP contribution in [0.1, 0.15) is 24.0 Å². The summed E-state index contributed by atoms with van der Waals surface area (Å²) in [4.78, 5) is 4.82. The highest BCUT2D eigenvalue weighted by Gasteiger charge is 2.13. The van der Waals surface area contributed by atoms with Crippen LogP contribution in [0.2, 0.25) is 0 Å². The number of phenols is 1. The lowest BCUT2D eigenvalue weighted by atomic mass is 10.1. The van der Waals surface area contributed by atoms with Gasteiger partial charge in [-0.2, -0.15) is 0 Å². The van der Waals surface area contributed by atoms with Crippen molar-refractivity contribution in [2.24, 2.45) is 0 Å². The molecule has 19 heavy (non-hydrogen) atoms. The molecule has 1 saturated heterocycles. The average molecular weight is 374 g/mol. The Morgan fingerprint density at radius 1 is 1.32 bits per heavy atom. The molecule has 4 heteroatoms. The van der Waals surface area contributed by atoms with Gasteiger partial charge in [0, 0.05) is 28.8 Å². The smallest absolute Gasteiger partial charge is 0.123 e. The second kappa shape index (κ2) is 6.90. The molecule has 1 heterocycles. The van der Waals surface area contributed by atoms with Crippen molar-refractivity contribution >= 4 is 22.6 Å². The van der Waals surface area contributed by atoms with Crippen LogP contribution < -0.4 is 0 Å². The molecule has 1 aliphatic heterocycles. The molecule has 1 aliphatic rings. The van der Waals surface area contributed by atoms with Crippen LogP contribution >= 0.6 is 22.6 Å². The average Bonchev–Trinajstić information content (AvgIpc) is 2.86. The van der Waals surface area contributed by atoms with Crippen molar-refractivity contribution < 1.29 is 5.11 Å². The minimum absolute atomic E-state index is 0.452. The summed E-state index contributed by atoms with van der Waals surface area (Å²) in [6.45, 7) is 7.48. The van der Waals surface area contributed by atoms with E-state index in [1.54, 1.807) is 0 Å². The summed E-state index contributed by atoms with van der Waals surface area (Å²) in [5, 5.41) is 10.1. The molecule has 0 spiro atoms. The Hall–Kier alpha value is -0.330. The zero-order valence-corrected chi connectivity index (χ0v) is 14.0. The number of benzene rings is 1. The number of likely N-dealkylation sites (tertiary alicyclic amines) is 1. The summed E-state index contributed by atoms with van der Waals surface area (Å²) < 4.78 is 1.19. The third-order valence-corrected chi connectivity index (χ3v) is 4.40. The summed E-state index contributed by atoms with van der Waals surface area (Å²) in [6, 6.07) is 4.10. The number of rotatable bonds is 5. The summed E-state index contributed by atoms with van der Waals surface area (Å²) in [5.74, 6) is 0.452. The third-order valence-electron chi connectivity index (χ3n) is 3.78. The molecular formula is C15H23IN2O. The predicted octanol–water partition coefficient (Wildman–Crippen LogP) is 2.83. The molecule has 0 aromatic heterocycles. The van der Waals surface area contributed by atoms with E-state index in [-0.39, 0.29) is 0 Å². The van der Waals surface area contributed by atoms with E-state index in [0.29, 0.717) is 5.75 Å². The predicted molar refractivity (Wildman–Crippen MR) is 87.6 cm³/mol. The van der Waals surface area contributed by atoms with Crippen molar-refractivity contribution in [1.82, 2.24) is 9.80 Å². The Labute approximate surface area is 129 Å². The SMILES string of the molecule is Cc1cc(I)cc(CN(C)CCN2CCCC2)c1O. The second-order valence-electron chi connectivity index (χ2n) is 5.52. The van der Waals surface area contributed by atoms with Crippen LogP contribution in [-0.4, -0.2) is 48.1 Å². The first-order valence-electron chi connectivity index (χ1n) is 6.95. The zero-order chi connectivity index (χ0) is 13.8. The molecule has 0 radical (unpaired) electrons. The normalized spacial score (nSPS) is 16.4. The van der Waals surface area contributed by atoms with Gasteiger partial charge in [-0.15, -0.1) is 0 Å². The molecule has 1 N–H and O–H groups in total. The molecule has 0 unspecified atom stereocenters. The summed E-state index contributed by atoms with van der Waals surface area (Å²) in [5.41, 5.74) is 2.00. The second-order valence-corrected chi connectivity index (χ2v) is 6.76. The van der Waals surface area contributed by atoms with Crippen molar-refractivity contribution in [2.75, 3.05) is 33.2 Å². The van der Waals surface area contributed by atoms with E-state index < -0.39 is 0 Å². The topological polar surface area (TPSA) is 26.7 Å². The van der Waals surface area contributed by atoms with Gasteiger partial charge in [-0.1, -0.05) is 0 Å². The quantitative estimate of drug-likeness (QED) is 0.803. The monoisotopic (exact) mass is 374 g/mol. The minimum atomic E-state index is 0.452. The minimum Gasteiger partial charge on any atom is -0.507 e. The maximum atomic E-state index is 10.1. The highest BCUT2D eigenvalue weighted by molar-refractivity contribution is 14.1. The van der Waals surface area contributed by atoms with E-state index in [9.17, 15) is 5.11 Å². The Morgan fingerprint density at radius 3 is 2.68 bits per heavy atom. The molecule has 2 rings (SSSR count). The molecule has 3 nitrogen and oxygen atoms in total. The van der Waals surface area contributed by atoms with Crippen LogP contribution in [0.3, 0.4) is 0 Å². The van der Waals surface area contributed by atoms with E-state index in [2.05, 4.69) is 45.5 Å². The number of phenolic OH excluding ortho intramolecular Hbond substituents is 1. The van der Waals surface area contributed by atoms with Crippen molar-refractivity contribution in [3.05, 3.63) is 26.8 Å². The van der Waals surface area contributed by atoms with Crippen LogP contribution in [0.25, 0.3) is 0 Å².